The number of methoxy groups -OCH3 is 1. The second-order valence-corrected chi connectivity index (χ2v) is 5.63. The van der Waals surface area contributed by atoms with E-state index < -0.39 is 12.2 Å². The highest BCUT2D eigenvalue weighted by Gasteiger charge is 2.45. The Hall–Kier alpha value is -1.76. The Morgan fingerprint density at radius 2 is 2.13 bits per heavy atom. The molecular weight excluding hydrogens is 309 g/mol. The van der Waals surface area contributed by atoms with E-state index in [0.717, 1.165) is 16.3 Å². The molecule has 0 saturated carbocycles. The summed E-state index contributed by atoms with van der Waals surface area (Å²) in [5.41, 5.74) is 3.34. The Morgan fingerprint density at radius 3 is 2.74 bits per heavy atom. The Balaban J connectivity index is 1.83. The summed E-state index contributed by atoms with van der Waals surface area (Å²) in [5.74, 6) is 0.395. The van der Waals surface area contributed by atoms with Crippen molar-refractivity contribution in [3.63, 3.8) is 0 Å². The second-order valence-electron chi connectivity index (χ2n) is 5.63. The molecule has 0 radical (unpaired) electrons. The molecule has 1 aliphatic heterocycles. The highest BCUT2D eigenvalue weighted by molar-refractivity contribution is 5.77. The molecule has 0 unspecified atom stereocenters. The normalized spacial score (nSPS) is 17.1. The number of rotatable bonds is 7. The number of nitrogens with one attached hydrogen (secondary N) is 1. The van der Waals surface area contributed by atoms with Gasteiger partial charge < -0.3 is 4.74 Å². The first-order valence-electron chi connectivity index (χ1n) is 7.66. The lowest BCUT2D eigenvalue weighted by molar-refractivity contribution is -0.190. The van der Waals surface area contributed by atoms with E-state index in [1.165, 1.54) is 0 Å². The number of halogens is 3. The maximum Gasteiger partial charge on any atom is 0.405 e. The van der Waals surface area contributed by atoms with E-state index in [9.17, 15) is 18.0 Å². The molecule has 0 bridgehead atoms. The van der Waals surface area contributed by atoms with Gasteiger partial charge in [-0.05, 0) is 37.0 Å². The summed E-state index contributed by atoms with van der Waals surface area (Å²) >= 11 is 0. The minimum atomic E-state index is -4.34. The number of hydrazine groups is 1. The van der Waals surface area contributed by atoms with Crippen molar-refractivity contribution in [2.24, 2.45) is 0 Å². The van der Waals surface area contributed by atoms with Crippen LogP contribution in [0.1, 0.15) is 31.2 Å². The molecule has 0 aliphatic carbocycles. The van der Waals surface area contributed by atoms with E-state index in [0.29, 0.717) is 19.3 Å². The molecule has 2 rings (SSSR count). The van der Waals surface area contributed by atoms with Crippen LogP contribution in [0.25, 0.3) is 0 Å². The average molecular weight is 330 g/mol. The van der Waals surface area contributed by atoms with Crippen LogP contribution in [0, 0.1) is 0 Å². The minimum Gasteiger partial charge on any atom is -0.497 e. The lowest BCUT2D eigenvalue weighted by atomic mass is 10.0. The first kappa shape index (κ1) is 17.6. The summed E-state index contributed by atoms with van der Waals surface area (Å²) in [6, 6.07) is 5.91. The molecule has 1 N–H and O–H groups in total. The van der Waals surface area contributed by atoms with Crippen molar-refractivity contribution in [1.29, 1.82) is 0 Å². The molecule has 1 atom stereocenters. The fourth-order valence-electron chi connectivity index (χ4n) is 2.72. The summed E-state index contributed by atoms with van der Waals surface area (Å²) in [4.78, 5) is 11.1. The van der Waals surface area contributed by atoms with Gasteiger partial charge in [-0.15, -0.1) is 0 Å². The maximum atomic E-state index is 13.1. The number of hydrogen-bond donors (Lipinski definition) is 1. The third-order valence-corrected chi connectivity index (χ3v) is 3.93. The van der Waals surface area contributed by atoms with Gasteiger partial charge in [0.2, 0.25) is 5.91 Å². The Labute approximate surface area is 133 Å². The van der Waals surface area contributed by atoms with Crippen molar-refractivity contribution in [3.8, 4) is 5.75 Å². The molecule has 1 aromatic carbocycles. The van der Waals surface area contributed by atoms with Gasteiger partial charge in [-0.2, -0.15) is 13.2 Å². The maximum absolute atomic E-state index is 13.1. The van der Waals surface area contributed by atoms with Gasteiger partial charge in [0.1, 0.15) is 11.8 Å². The van der Waals surface area contributed by atoms with Crippen LogP contribution in [0.5, 0.6) is 5.75 Å². The molecule has 1 amide bonds. The molecule has 4 nitrogen and oxygen atoms in total. The highest BCUT2D eigenvalue weighted by Crippen LogP contribution is 2.29. The SMILES string of the molecule is COc1cccc(CCCC[C@H](N2CCC(=O)N2)C(F)(F)F)c1. The van der Waals surface area contributed by atoms with Crippen molar-refractivity contribution >= 4 is 5.91 Å². The van der Waals surface area contributed by atoms with Crippen LogP contribution in [-0.4, -0.2) is 36.8 Å². The molecule has 1 heterocycles. The van der Waals surface area contributed by atoms with Crippen molar-refractivity contribution in [1.82, 2.24) is 10.4 Å². The summed E-state index contributed by atoms with van der Waals surface area (Å²) in [6.45, 7) is 0.110. The Kier molecular flexibility index (Phi) is 5.87. The zero-order valence-corrected chi connectivity index (χ0v) is 13.0. The van der Waals surface area contributed by atoms with E-state index >= 15 is 0 Å². The summed E-state index contributed by atoms with van der Waals surface area (Å²) < 4.78 is 44.5. The molecule has 23 heavy (non-hydrogen) atoms. The third kappa shape index (κ3) is 5.13. The first-order valence-corrected chi connectivity index (χ1v) is 7.66. The molecule has 128 valence electrons. The summed E-state index contributed by atoms with van der Waals surface area (Å²) in [7, 11) is 1.58. The van der Waals surface area contributed by atoms with Gasteiger partial charge in [0.25, 0.3) is 0 Å². The largest absolute Gasteiger partial charge is 0.497 e. The minimum absolute atomic E-state index is 0.0201. The van der Waals surface area contributed by atoms with Crippen LogP contribution < -0.4 is 10.2 Å². The Bertz CT molecular complexity index is 534. The zero-order valence-electron chi connectivity index (χ0n) is 13.0. The third-order valence-electron chi connectivity index (χ3n) is 3.93. The molecule has 0 aromatic heterocycles. The summed E-state index contributed by atoms with van der Waals surface area (Å²) in [5, 5.41) is 1.02. The second kappa shape index (κ2) is 7.68. The number of amides is 1. The number of carbonyl (C=O) groups is 1. The van der Waals surface area contributed by atoms with Gasteiger partial charge in [-0.3, -0.25) is 10.2 Å². The lowest BCUT2D eigenvalue weighted by Gasteiger charge is -2.28. The number of unbranched alkanes of at least 4 members (excludes halogenated alkanes) is 1. The zero-order chi connectivity index (χ0) is 16.9. The van der Waals surface area contributed by atoms with Crippen LogP contribution in [0.4, 0.5) is 13.2 Å². The highest BCUT2D eigenvalue weighted by atomic mass is 19.4. The van der Waals surface area contributed by atoms with Crippen LogP contribution in [-0.2, 0) is 11.2 Å². The van der Waals surface area contributed by atoms with Gasteiger partial charge >= 0.3 is 6.18 Å². The van der Waals surface area contributed by atoms with Crippen molar-refractivity contribution in [2.75, 3.05) is 13.7 Å². The average Bonchev–Trinajstić information content (AvgIpc) is 2.92. The predicted molar refractivity (Wildman–Crippen MR) is 79.9 cm³/mol. The molecule has 1 aromatic rings. The van der Waals surface area contributed by atoms with Gasteiger partial charge in [-0.1, -0.05) is 18.6 Å². The van der Waals surface area contributed by atoms with E-state index in [1.807, 2.05) is 24.3 Å². The molecular formula is C16H21F3N2O2. The number of ether oxygens (including phenoxy) is 1. The smallest absolute Gasteiger partial charge is 0.405 e. The quantitative estimate of drug-likeness (QED) is 0.781. The fraction of sp³-hybridized carbons (Fsp3) is 0.562. The van der Waals surface area contributed by atoms with Crippen LogP contribution in [0.3, 0.4) is 0 Å². The molecule has 1 fully saturated rings. The topological polar surface area (TPSA) is 41.6 Å². The molecule has 1 aliphatic rings. The molecule has 7 heteroatoms. The number of benzene rings is 1. The van der Waals surface area contributed by atoms with Crippen LogP contribution in [0.2, 0.25) is 0 Å². The van der Waals surface area contributed by atoms with E-state index in [1.54, 1.807) is 7.11 Å². The van der Waals surface area contributed by atoms with E-state index in [4.69, 9.17) is 4.74 Å². The molecule has 1 saturated heterocycles. The lowest BCUT2D eigenvalue weighted by Crippen LogP contribution is -2.49. The number of alkyl halides is 3. The van der Waals surface area contributed by atoms with Gasteiger partial charge in [0.05, 0.1) is 7.11 Å². The van der Waals surface area contributed by atoms with Crippen molar-refractivity contribution in [3.05, 3.63) is 29.8 Å². The van der Waals surface area contributed by atoms with E-state index in [-0.39, 0.29) is 25.3 Å². The standard InChI is InChI=1S/C16H21F3N2O2/c1-23-13-7-4-6-12(11-13)5-2-3-8-14(16(17,18)19)21-10-9-15(22)20-21/h4,6-7,11,14H,2-3,5,8-10H2,1H3,(H,20,22)/t14-/m0/s1. The van der Waals surface area contributed by atoms with Gasteiger partial charge in [-0.25, -0.2) is 5.01 Å². The number of nitrogens with zero attached hydrogens (tertiary/aromatic N) is 1. The number of carbonyl (C=O) groups excluding carboxylic acids is 1. The number of aryl methyl sites for hydroxylation is 1. The van der Waals surface area contributed by atoms with Gasteiger partial charge in [0.15, 0.2) is 0 Å². The fourth-order valence-corrected chi connectivity index (χ4v) is 2.72. The van der Waals surface area contributed by atoms with Crippen LogP contribution >= 0.6 is 0 Å². The monoisotopic (exact) mass is 330 g/mol. The van der Waals surface area contributed by atoms with Crippen molar-refractivity contribution < 1.29 is 22.7 Å². The first-order chi connectivity index (χ1) is 10.9. The predicted octanol–water partition coefficient (Wildman–Crippen LogP) is 3.08. The van der Waals surface area contributed by atoms with Gasteiger partial charge in [0, 0.05) is 13.0 Å². The van der Waals surface area contributed by atoms with Crippen molar-refractivity contribution in [2.45, 2.75) is 44.3 Å². The summed E-state index contributed by atoms with van der Waals surface area (Å²) in [6.07, 6.45) is -2.44. The van der Waals surface area contributed by atoms with E-state index in [2.05, 4.69) is 5.43 Å². The molecule has 0 spiro atoms. The van der Waals surface area contributed by atoms with Crippen LogP contribution in [0.15, 0.2) is 24.3 Å². The number of hydrogen-bond acceptors (Lipinski definition) is 3. The Morgan fingerprint density at radius 1 is 1.35 bits per heavy atom.